The number of carbonyl (C=O) groups excluding carboxylic acids is 2. The van der Waals surface area contributed by atoms with E-state index in [1.54, 1.807) is 25.1 Å². The molecule has 0 saturated heterocycles. The number of nitrogens with zero attached hydrogens (tertiary/aromatic N) is 1. The van der Waals surface area contributed by atoms with E-state index in [9.17, 15) is 9.59 Å². The summed E-state index contributed by atoms with van der Waals surface area (Å²) in [6, 6.07) is 16.9. The van der Waals surface area contributed by atoms with E-state index < -0.39 is 0 Å². The molecule has 1 heterocycles. The second-order valence-electron chi connectivity index (χ2n) is 8.03. The number of ether oxygens (including phenoxy) is 1. The summed E-state index contributed by atoms with van der Waals surface area (Å²) in [6.07, 6.45) is 4.90. The summed E-state index contributed by atoms with van der Waals surface area (Å²) in [6.45, 7) is 4.41. The van der Waals surface area contributed by atoms with Crippen LogP contribution >= 0.6 is 15.9 Å². The van der Waals surface area contributed by atoms with Crippen molar-refractivity contribution < 1.29 is 18.7 Å². The molecule has 2 aromatic carbocycles. The van der Waals surface area contributed by atoms with Crippen LogP contribution in [-0.2, 0) is 11.3 Å². The van der Waals surface area contributed by atoms with Gasteiger partial charge < -0.3 is 18.8 Å². The number of Topliss-reactive ketones (excluding diaryl/α,β-unsaturated/α-hetero) is 1. The molecule has 0 aliphatic rings. The summed E-state index contributed by atoms with van der Waals surface area (Å²) in [4.78, 5) is 25.8. The molecule has 5 nitrogen and oxygen atoms in total. The standard InChI is InChI=1S/C27H28BrNO4/c1-19(6-7-20(2)30)14-16-33-26-13-12-24(28)17-23(26)18-29(3)27(31)22-10-8-21(9-11-22)25-5-4-15-32-25/h4-5,8-15,17H,6-7,16,18H2,1-3H3/b19-14+. The van der Waals surface area contributed by atoms with Gasteiger partial charge in [-0.15, -0.1) is 0 Å². The van der Waals surface area contributed by atoms with E-state index in [2.05, 4.69) is 15.9 Å². The zero-order valence-electron chi connectivity index (χ0n) is 19.1. The monoisotopic (exact) mass is 509 g/mol. The quantitative estimate of drug-likeness (QED) is 0.286. The molecule has 0 atom stereocenters. The zero-order valence-corrected chi connectivity index (χ0v) is 20.7. The average Bonchev–Trinajstić information content (AvgIpc) is 3.33. The Balaban J connectivity index is 1.65. The van der Waals surface area contributed by atoms with E-state index in [1.165, 1.54) is 0 Å². The normalized spacial score (nSPS) is 11.3. The van der Waals surface area contributed by atoms with Gasteiger partial charge in [-0.25, -0.2) is 0 Å². The maximum Gasteiger partial charge on any atom is 0.253 e. The van der Waals surface area contributed by atoms with Crippen molar-refractivity contribution in [3.63, 3.8) is 0 Å². The van der Waals surface area contributed by atoms with Crippen LogP contribution < -0.4 is 4.74 Å². The Morgan fingerprint density at radius 3 is 2.48 bits per heavy atom. The Bertz CT molecular complexity index is 1120. The number of hydrogen-bond donors (Lipinski definition) is 0. The maximum atomic E-state index is 13.0. The molecule has 0 N–H and O–H groups in total. The third kappa shape index (κ3) is 7.19. The SMILES string of the molecule is CC(=O)CC/C(C)=C/COc1ccc(Br)cc1CN(C)C(=O)c1ccc(-c2ccco2)cc1. The number of carbonyl (C=O) groups is 2. The van der Waals surface area contributed by atoms with Crippen LogP contribution in [0.5, 0.6) is 5.75 Å². The molecule has 0 unspecified atom stereocenters. The van der Waals surface area contributed by atoms with E-state index >= 15 is 0 Å². The van der Waals surface area contributed by atoms with Crippen LogP contribution in [0.3, 0.4) is 0 Å². The molecule has 0 bridgehead atoms. The predicted molar refractivity (Wildman–Crippen MR) is 133 cm³/mol. The lowest BCUT2D eigenvalue weighted by Gasteiger charge is -2.20. The number of allylic oxidation sites excluding steroid dienone is 1. The fraction of sp³-hybridized carbons (Fsp3) is 0.259. The Morgan fingerprint density at radius 1 is 1.06 bits per heavy atom. The highest BCUT2D eigenvalue weighted by atomic mass is 79.9. The molecule has 0 fully saturated rings. The highest BCUT2D eigenvalue weighted by Gasteiger charge is 2.15. The van der Waals surface area contributed by atoms with Crippen molar-refractivity contribution in [2.24, 2.45) is 0 Å². The van der Waals surface area contributed by atoms with Gasteiger partial charge in [0, 0.05) is 41.2 Å². The van der Waals surface area contributed by atoms with Gasteiger partial charge in [-0.05, 0) is 68.8 Å². The Hall–Kier alpha value is -3.12. The largest absolute Gasteiger partial charge is 0.489 e. The Morgan fingerprint density at radius 2 is 1.82 bits per heavy atom. The molecule has 1 amide bonds. The van der Waals surface area contributed by atoms with Crippen molar-refractivity contribution in [2.45, 2.75) is 33.2 Å². The minimum atomic E-state index is -0.0770. The Kier molecular flexibility index (Phi) is 8.66. The van der Waals surface area contributed by atoms with E-state index in [0.717, 1.165) is 39.1 Å². The predicted octanol–water partition coefficient (Wildman–Crippen LogP) is 6.68. The van der Waals surface area contributed by atoms with Crippen molar-refractivity contribution in [3.8, 4) is 17.1 Å². The van der Waals surface area contributed by atoms with Crippen LogP contribution in [0, 0.1) is 0 Å². The molecular weight excluding hydrogens is 482 g/mol. The molecule has 172 valence electrons. The molecule has 0 aliphatic heterocycles. The van der Waals surface area contributed by atoms with Gasteiger partial charge in [-0.3, -0.25) is 4.79 Å². The number of furan rings is 1. The summed E-state index contributed by atoms with van der Waals surface area (Å²) in [5.74, 6) is 1.60. The van der Waals surface area contributed by atoms with Gasteiger partial charge in [-0.2, -0.15) is 0 Å². The lowest BCUT2D eigenvalue weighted by Crippen LogP contribution is -2.26. The maximum absolute atomic E-state index is 13.0. The van der Waals surface area contributed by atoms with Crippen LogP contribution in [0.1, 0.15) is 42.6 Å². The van der Waals surface area contributed by atoms with Gasteiger partial charge in [0.15, 0.2) is 0 Å². The van der Waals surface area contributed by atoms with E-state index in [1.807, 2.05) is 67.6 Å². The highest BCUT2D eigenvalue weighted by Crippen LogP contribution is 2.26. The molecule has 0 saturated carbocycles. The number of benzene rings is 2. The van der Waals surface area contributed by atoms with E-state index in [4.69, 9.17) is 9.15 Å². The highest BCUT2D eigenvalue weighted by molar-refractivity contribution is 9.10. The molecule has 1 aromatic heterocycles. The fourth-order valence-corrected chi connectivity index (χ4v) is 3.74. The average molecular weight is 510 g/mol. The number of ketones is 1. The third-order valence-corrected chi connectivity index (χ3v) is 5.75. The number of amides is 1. The lowest BCUT2D eigenvalue weighted by molar-refractivity contribution is -0.116. The van der Waals surface area contributed by atoms with Crippen LogP contribution in [0.2, 0.25) is 0 Å². The molecule has 0 aliphatic carbocycles. The first-order valence-electron chi connectivity index (χ1n) is 10.8. The van der Waals surface area contributed by atoms with Gasteiger partial charge in [0.25, 0.3) is 5.91 Å². The molecule has 0 radical (unpaired) electrons. The summed E-state index contributed by atoms with van der Waals surface area (Å²) in [7, 11) is 1.78. The summed E-state index contributed by atoms with van der Waals surface area (Å²) < 4.78 is 12.3. The van der Waals surface area contributed by atoms with E-state index in [0.29, 0.717) is 25.1 Å². The van der Waals surface area contributed by atoms with Crippen molar-refractivity contribution in [2.75, 3.05) is 13.7 Å². The fourth-order valence-electron chi connectivity index (χ4n) is 3.33. The zero-order chi connectivity index (χ0) is 23.8. The number of hydrogen-bond acceptors (Lipinski definition) is 4. The van der Waals surface area contributed by atoms with Gasteiger partial charge >= 0.3 is 0 Å². The van der Waals surface area contributed by atoms with Gasteiger partial charge in [0.05, 0.1) is 6.26 Å². The van der Waals surface area contributed by atoms with Crippen LogP contribution in [-0.4, -0.2) is 30.2 Å². The van der Waals surface area contributed by atoms with E-state index in [-0.39, 0.29) is 11.7 Å². The molecule has 6 heteroatoms. The van der Waals surface area contributed by atoms with Crippen LogP contribution in [0.4, 0.5) is 0 Å². The Labute approximate surface area is 203 Å². The summed E-state index contributed by atoms with van der Waals surface area (Å²) in [5, 5.41) is 0. The minimum absolute atomic E-state index is 0.0770. The van der Waals surface area contributed by atoms with Crippen molar-refractivity contribution in [3.05, 3.63) is 88.1 Å². The topological polar surface area (TPSA) is 59.8 Å². The third-order valence-electron chi connectivity index (χ3n) is 5.26. The first-order chi connectivity index (χ1) is 15.8. The smallest absolute Gasteiger partial charge is 0.253 e. The van der Waals surface area contributed by atoms with Gasteiger partial charge in [-0.1, -0.05) is 33.6 Å². The first kappa shape index (κ1) is 24.5. The molecule has 3 aromatic rings. The number of rotatable bonds is 10. The molecule has 0 spiro atoms. The van der Waals surface area contributed by atoms with Crippen LogP contribution in [0.25, 0.3) is 11.3 Å². The van der Waals surface area contributed by atoms with Crippen molar-refractivity contribution in [1.29, 1.82) is 0 Å². The molecule has 3 rings (SSSR count). The molecular formula is C27H28BrNO4. The van der Waals surface area contributed by atoms with Gasteiger partial charge in [0.2, 0.25) is 0 Å². The number of halogens is 1. The van der Waals surface area contributed by atoms with Gasteiger partial charge in [0.1, 0.15) is 23.9 Å². The van der Waals surface area contributed by atoms with Crippen molar-refractivity contribution >= 4 is 27.6 Å². The summed E-state index contributed by atoms with van der Waals surface area (Å²) in [5.41, 5.74) is 3.55. The lowest BCUT2D eigenvalue weighted by atomic mass is 10.1. The summed E-state index contributed by atoms with van der Waals surface area (Å²) >= 11 is 3.51. The minimum Gasteiger partial charge on any atom is -0.489 e. The first-order valence-corrected chi connectivity index (χ1v) is 11.6. The second-order valence-corrected chi connectivity index (χ2v) is 8.95. The van der Waals surface area contributed by atoms with Crippen molar-refractivity contribution in [1.82, 2.24) is 4.90 Å². The molecule has 33 heavy (non-hydrogen) atoms. The second kappa shape index (κ2) is 11.7. The van der Waals surface area contributed by atoms with Crippen LogP contribution in [0.15, 0.2) is 81.4 Å².